The topological polar surface area (TPSA) is 20.2 Å². The van der Waals surface area contributed by atoms with Gasteiger partial charge in [-0.1, -0.05) is 19.9 Å². The molecule has 0 amide bonds. The molecule has 1 aromatic rings. The summed E-state index contributed by atoms with van der Waals surface area (Å²) in [5.74, 6) is -0.477. The lowest BCUT2D eigenvalue weighted by molar-refractivity contribution is -0.0533. The quantitative estimate of drug-likeness (QED) is 0.853. The molecule has 3 atom stereocenters. The van der Waals surface area contributed by atoms with Crippen molar-refractivity contribution in [2.24, 2.45) is 11.8 Å². The summed E-state index contributed by atoms with van der Waals surface area (Å²) >= 11 is 0. The van der Waals surface area contributed by atoms with Crippen LogP contribution in [0.25, 0.3) is 0 Å². The predicted octanol–water partition coefficient (Wildman–Crippen LogP) is 3.69. The number of aliphatic hydroxyl groups is 1. The molecule has 0 saturated heterocycles. The second-order valence-electron chi connectivity index (χ2n) is 5.76. The number of halogens is 2. The molecule has 2 rings (SSSR count). The molecule has 1 N–H and O–H groups in total. The average molecular weight is 254 g/mol. The summed E-state index contributed by atoms with van der Waals surface area (Å²) in [6, 6.07) is 3.85. The summed E-state index contributed by atoms with van der Waals surface area (Å²) in [4.78, 5) is 0. The van der Waals surface area contributed by atoms with Crippen LogP contribution in [0.3, 0.4) is 0 Å². The molecule has 1 aliphatic rings. The van der Waals surface area contributed by atoms with Gasteiger partial charge in [0.1, 0.15) is 11.6 Å². The maximum absolute atomic E-state index is 13.6. The van der Waals surface area contributed by atoms with Gasteiger partial charge >= 0.3 is 0 Å². The number of hydrogen-bond donors (Lipinski definition) is 1. The van der Waals surface area contributed by atoms with Crippen LogP contribution < -0.4 is 0 Å². The zero-order valence-electron chi connectivity index (χ0n) is 10.9. The Balaban J connectivity index is 2.22. The molecule has 0 aromatic heterocycles. The van der Waals surface area contributed by atoms with Crippen LogP contribution >= 0.6 is 0 Å². The van der Waals surface area contributed by atoms with Gasteiger partial charge in [-0.3, -0.25) is 0 Å². The van der Waals surface area contributed by atoms with Gasteiger partial charge < -0.3 is 5.11 Å². The second kappa shape index (κ2) is 4.96. The Kier molecular flexibility index (Phi) is 3.71. The summed E-state index contributed by atoms with van der Waals surface area (Å²) in [6.07, 6.45) is 2.51. The number of rotatable bonds is 2. The van der Waals surface area contributed by atoms with Crippen LogP contribution in [0.2, 0.25) is 0 Å². The summed E-state index contributed by atoms with van der Waals surface area (Å²) in [5.41, 5.74) is -0.961. The van der Waals surface area contributed by atoms with E-state index < -0.39 is 17.2 Å². The van der Waals surface area contributed by atoms with E-state index in [-0.39, 0.29) is 17.9 Å². The standard InChI is InChI=1S/C15H20F2O/c1-10-6-7-15(18,11(2)8-10)9-12-13(16)4-3-5-14(12)17/h3-5,10-11,18H,6-9H2,1-2H3. The third kappa shape index (κ3) is 2.56. The van der Waals surface area contributed by atoms with E-state index in [0.717, 1.165) is 12.8 Å². The minimum atomic E-state index is -0.977. The van der Waals surface area contributed by atoms with Gasteiger partial charge in [0.15, 0.2) is 0 Å². The lowest BCUT2D eigenvalue weighted by Gasteiger charge is -2.41. The first-order valence-corrected chi connectivity index (χ1v) is 6.57. The zero-order chi connectivity index (χ0) is 13.3. The lowest BCUT2D eigenvalue weighted by atomic mass is 9.70. The molecule has 1 fully saturated rings. The highest BCUT2D eigenvalue weighted by Crippen LogP contribution is 2.39. The lowest BCUT2D eigenvalue weighted by Crippen LogP contribution is -2.43. The van der Waals surface area contributed by atoms with Gasteiger partial charge in [0.2, 0.25) is 0 Å². The van der Waals surface area contributed by atoms with Crippen molar-refractivity contribution in [2.45, 2.75) is 45.1 Å². The molecule has 0 bridgehead atoms. The molecule has 3 heteroatoms. The van der Waals surface area contributed by atoms with E-state index in [4.69, 9.17) is 0 Å². The van der Waals surface area contributed by atoms with E-state index in [1.165, 1.54) is 18.2 Å². The van der Waals surface area contributed by atoms with Crippen LogP contribution in [0, 0.1) is 23.5 Å². The smallest absolute Gasteiger partial charge is 0.129 e. The predicted molar refractivity (Wildman–Crippen MR) is 67.2 cm³/mol. The zero-order valence-corrected chi connectivity index (χ0v) is 10.9. The molecule has 18 heavy (non-hydrogen) atoms. The van der Waals surface area contributed by atoms with E-state index in [2.05, 4.69) is 6.92 Å². The van der Waals surface area contributed by atoms with Gasteiger partial charge in [0.25, 0.3) is 0 Å². The van der Waals surface area contributed by atoms with Gasteiger partial charge in [-0.2, -0.15) is 0 Å². The highest BCUT2D eigenvalue weighted by molar-refractivity contribution is 5.22. The first-order chi connectivity index (χ1) is 8.42. The molecule has 1 saturated carbocycles. The second-order valence-corrected chi connectivity index (χ2v) is 5.76. The highest BCUT2D eigenvalue weighted by atomic mass is 19.1. The van der Waals surface area contributed by atoms with Crippen molar-refractivity contribution in [1.82, 2.24) is 0 Å². The molecular weight excluding hydrogens is 234 g/mol. The van der Waals surface area contributed by atoms with Crippen LogP contribution in [0.4, 0.5) is 8.78 Å². The van der Waals surface area contributed by atoms with Crippen molar-refractivity contribution in [1.29, 1.82) is 0 Å². The Morgan fingerprint density at radius 2 is 1.89 bits per heavy atom. The summed E-state index contributed by atoms with van der Waals surface area (Å²) in [7, 11) is 0. The third-order valence-corrected chi connectivity index (χ3v) is 4.29. The van der Waals surface area contributed by atoms with Crippen molar-refractivity contribution >= 4 is 0 Å². The third-order valence-electron chi connectivity index (χ3n) is 4.29. The van der Waals surface area contributed by atoms with Gasteiger partial charge in [-0.25, -0.2) is 8.78 Å². The summed E-state index contributed by atoms with van der Waals surface area (Å²) < 4.78 is 27.3. The fourth-order valence-electron chi connectivity index (χ4n) is 2.95. The molecule has 3 unspecified atom stereocenters. The molecule has 0 spiro atoms. The molecule has 1 aliphatic carbocycles. The van der Waals surface area contributed by atoms with Crippen LogP contribution in [-0.4, -0.2) is 10.7 Å². The molecular formula is C15H20F2O. The molecule has 0 heterocycles. The first-order valence-electron chi connectivity index (χ1n) is 6.57. The van der Waals surface area contributed by atoms with Crippen LogP contribution in [-0.2, 0) is 6.42 Å². The van der Waals surface area contributed by atoms with Crippen molar-refractivity contribution in [2.75, 3.05) is 0 Å². The fraction of sp³-hybridized carbons (Fsp3) is 0.600. The summed E-state index contributed by atoms with van der Waals surface area (Å²) in [5, 5.41) is 10.6. The Labute approximate surface area is 107 Å². The van der Waals surface area contributed by atoms with Crippen molar-refractivity contribution in [3.8, 4) is 0 Å². The fourth-order valence-corrected chi connectivity index (χ4v) is 2.95. The normalized spacial score (nSPS) is 32.5. The Morgan fingerprint density at radius 1 is 1.28 bits per heavy atom. The Bertz CT molecular complexity index is 412. The van der Waals surface area contributed by atoms with E-state index in [1.807, 2.05) is 6.92 Å². The Morgan fingerprint density at radius 3 is 2.44 bits per heavy atom. The van der Waals surface area contributed by atoms with E-state index in [0.29, 0.717) is 12.3 Å². The van der Waals surface area contributed by atoms with Crippen LogP contribution in [0.5, 0.6) is 0 Å². The van der Waals surface area contributed by atoms with E-state index in [9.17, 15) is 13.9 Å². The van der Waals surface area contributed by atoms with Crippen molar-refractivity contribution < 1.29 is 13.9 Å². The van der Waals surface area contributed by atoms with E-state index in [1.54, 1.807) is 0 Å². The monoisotopic (exact) mass is 254 g/mol. The van der Waals surface area contributed by atoms with Crippen LogP contribution in [0.15, 0.2) is 18.2 Å². The molecule has 0 aliphatic heterocycles. The van der Waals surface area contributed by atoms with Gasteiger partial charge in [-0.15, -0.1) is 0 Å². The minimum Gasteiger partial charge on any atom is -0.389 e. The number of benzene rings is 1. The molecule has 0 radical (unpaired) electrons. The van der Waals surface area contributed by atoms with Crippen molar-refractivity contribution in [3.63, 3.8) is 0 Å². The summed E-state index contributed by atoms with van der Waals surface area (Å²) in [6.45, 7) is 4.12. The van der Waals surface area contributed by atoms with Gasteiger partial charge in [-0.05, 0) is 43.2 Å². The molecule has 100 valence electrons. The minimum absolute atomic E-state index is 0.0152. The van der Waals surface area contributed by atoms with E-state index >= 15 is 0 Å². The van der Waals surface area contributed by atoms with Crippen molar-refractivity contribution in [3.05, 3.63) is 35.4 Å². The van der Waals surface area contributed by atoms with Crippen LogP contribution in [0.1, 0.15) is 38.7 Å². The maximum atomic E-state index is 13.6. The highest BCUT2D eigenvalue weighted by Gasteiger charge is 2.39. The van der Waals surface area contributed by atoms with Gasteiger partial charge in [0, 0.05) is 12.0 Å². The molecule has 1 aromatic carbocycles. The Hall–Kier alpha value is -0.960. The SMILES string of the molecule is CC1CCC(O)(Cc2c(F)cccc2F)C(C)C1. The molecule has 1 nitrogen and oxygen atoms in total. The average Bonchev–Trinajstić information content (AvgIpc) is 2.30. The largest absolute Gasteiger partial charge is 0.389 e. The maximum Gasteiger partial charge on any atom is 0.129 e. The van der Waals surface area contributed by atoms with Gasteiger partial charge in [0.05, 0.1) is 5.60 Å². The number of hydrogen-bond acceptors (Lipinski definition) is 1. The first kappa shape index (κ1) is 13.5.